The van der Waals surface area contributed by atoms with Crippen LogP contribution in [0.1, 0.15) is 30.2 Å². The molecule has 22 heavy (non-hydrogen) atoms. The van der Waals surface area contributed by atoms with E-state index >= 15 is 0 Å². The molecule has 1 aliphatic rings. The first-order chi connectivity index (χ1) is 10.8. The molecule has 3 heterocycles. The minimum atomic E-state index is -0.137. The van der Waals surface area contributed by atoms with Crippen molar-refractivity contribution in [1.82, 2.24) is 15.5 Å². The van der Waals surface area contributed by atoms with Crippen LogP contribution in [0.4, 0.5) is 4.79 Å². The maximum Gasteiger partial charge on any atom is 0.315 e. The standard InChI is InChI=1S/C16H21N3O2S/c20-16(17-10-13-5-9-22-12-13)18-11-14(15-4-3-8-21-15)19-6-1-2-7-19/h3-5,8-9,12,14H,1-2,6-7,10-11H2,(H2,17,18,20). The molecule has 0 aliphatic carbocycles. The number of amides is 2. The highest BCUT2D eigenvalue weighted by molar-refractivity contribution is 7.07. The van der Waals surface area contributed by atoms with E-state index in [0.29, 0.717) is 13.1 Å². The quantitative estimate of drug-likeness (QED) is 0.860. The third kappa shape index (κ3) is 3.90. The zero-order valence-electron chi connectivity index (χ0n) is 12.5. The van der Waals surface area contributed by atoms with Crippen LogP contribution in [-0.4, -0.2) is 30.6 Å². The van der Waals surface area contributed by atoms with Crippen LogP contribution in [0, 0.1) is 0 Å². The molecule has 2 aromatic rings. The van der Waals surface area contributed by atoms with Gasteiger partial charge in [0.05, 0.1) is 12.3 Å². The Hall–Kier alpha value is -1.79. The Morgan fingerprint density at radius 3 is 2.86 bits per heavy atom. The lowest BCUT2D eigenvalue weighted by Gasteiger charge is -2.26. The molecule has 0 radical (unpaired) electrons. The van der Waals surface area contributed by atoms with Gasteiger partial charge in [-0.3, -0.25) is 4.90 Å². The second-order valence-electron chi connectivity index (χ2n) is 5.47. The first-order valence-electron chi connectivity index (χ1n) is 7.63. The molecule has 1 unspecified atom stereocenters. The van der Waals surface area contributed by atoms with E-state index in [4.69, 9.17) is 4.42 Å². The van der Waals surface area contributed by atoms with Crippen molar-refractivity contribution in [2.24, 2.45) is 0 Å². The van der Waals surface area contributed by atoms with Crippen molar-refractivity contribution in [3.8, 4) is 0 Å². The molecule has 0 spiro atoms. The summed E-state index contributed by atoms with van der Waals surface area (Å²) in [4.78, 5) is 14.3. The third-order valence-corrected chi connectivity index (χ3v) is 4.67. The first kappa shape index (κ1) is 15.1. The van der Waals surface area contributed by atoms with E-state index in [1.54, 1.807) is 17.6 Å². The number of rotatable bonds is 6. The fourth-order valence-electron chi connectivity index (χ4n) is 2.77. The zero-order valence-corrected chi connectivity index (χ0v) is 13.3. The molecule has 0 aromatic carbocycles. The molecule has 1 saturated heterocycles. The second kappa shape index (κ2) is 7.47. The Balaban J connectivity index is 1.51. The average Bonchev–Trinajstić information content (AvgIpc) is 3.27. The number of hydrogen-bond acceptors (Lipinski definition) is 4. The Labute approximate surface area is 134 Å². The van der Waals surface area contributed by atoms with Crippen molar-refractivity contribution < 1.29 is 9.21 Å². The molecule has 6 heteroatoms. The van der Waals surface area contributed by atoms with Crippen molar-refractivity contribution in [2.75, 3.05) is 19.6 Å². The summed E-state index contributed by atoms with van der Waals surface area (Å²) in [6.07, 6.45) is 4.11. The number of nitrogens with zero attached hydrogens (tertiary/aromatic N) is 1. The van der Waals surface area contributed by atoms with Crippen molar-refractivity contribution in [2.45, 2.75) is 25.4 Å². The molecule has 5 nitrogen and oxygen atoms in total. The third-order valence-electron chi connectivity index (χ3n) is 3.94. The zero-order chi connectivity index (χ0) is 15.2. The van der Waals surface area contributed by atoms with Crippen molar-refractivity contribution >= 4 is 17.4 Å². The van der Waals surface area contributed by atoms with Gasteiger partial charge in [-0.1, -0.05) is 0 Å². The summed E-state index contributed by atoms with van der Waals surface area (Å²) < 4.78 is 5.55. The van der Waals surface area contributed by atoms with Crippen molar-refractivity contribution in [1.29, 1.82) is 0 Å². The monoisotopic (exact) mass is 319 g/mol. The SMILES string of the molecule is O=C(NCc1ccsc1)NCC(c1ccco1)N1CCCC1. The van der Waals surface area contributed by atoms with Gasteiger partial charge in [0, 0.05) is 13.1 Å². The van der Waals surface area contributed by atoms with Crippen LogP contribution in [-0.2, 0) is 6.54 Å². The molecule has 1 fully saturated rings. The lowest BCUT2D eigenvalue weighted by atomic mass is 10.2. The summed E-state index contributed by atoms with van der Waals surface area (Å²) in [5.41, 5.74) is 1.13. The molecule has 118 valence electrons. The number of urea groups is 1. The van der Waals surface area contributed by atoms with Crippen LogP contribution in [0.5, 0.6) is 0 Å². The minimum Gasteiger partial charge on any atom is -0.468 e. The number of nitrogens with one attached hydrogen (secondary N) is 2. The highest BCUT2D eigenvalue weighted by atomic mass is 32.1. The highest BCUT2D eigenvalue weighted by Crippen LogP contribution is 2.24. The number of hydrogen-bond donors (Lipinski definition) is 2. The highest BCUT2D eigenvalue weighted by Gasteiger charge is 2.25. The van der Waals surface area contributed by atoms with Gasteiger partial charge in [0.1, 0.15) is 5.76 Å². The number of thiophene rings is 1. The van der Waals surface area contributed by atoms with Gasteiger partial charge >= 0.3 is 6.03 Å². The second-order valence-corrected chi connectivity index (χ2v) is 6.25. The number of furan rings is 1. The molecule has 2 amide bonds. The molecule has 0 bridgehead atoms. The van der Waals surface area contributed by atoms with Crippen LogP contribution < -0.4 is 10.6 Å². The Morgan fingerprint density at radius 1 is 1.32 bits per heavy atom. The Kier molecular flexibility index (Phi) is 5.13. The summed E-state index contributed by atoms with van der Waals surface area (Å²) >= 11 is 1.63. The fraction of sp³-hybridized carbons (Fsp3) is 0.438. The lowest BCUT2D eigenvalue weighted by molar-refractivity contribution is 0.203. The van der Waals surface area contributed by atoms with E-state index in [1.165, 1.54) is 12.8 Å². The molecular formula is C16H21N3O2S. The predicted octanol–water partition coefficient (Wildman–Crippen LogP) is 2.98. The number of likely N-dealkylation sites (tertiary alicyclic amines) is 1. The van der Waals surface area contributed by atoms with Gasteiger partial charge in [-0.25, -0.2) is 4.79 Å². The van der Waals surface area contributed by atoms with E-state index in [-0.39, 0.29) is 12.1 Å². The summed E-state index contributed by atoms with van der Waals surface area (Å²) in [6, 6.07) is 5.87. The molecule has 1 atom stereocenters. The molecule has 2 aromatic heterocycles. The van der Waals surface area contributed by atoms with E-state index in [2.05, 4.69) is 15.5 Å². The average molecular weight is 319 g/mol. The molecular weight excluding hydrogens is 298 g/mol. The molecule has 3 rings (SSSR count). The maximum absolute atomic E-state index is 12.0. The summed E-state index contributed by atoms with van der Waals surface area (Å²) in [5, 5.41) is 9.89. The predicted molar refractivity (Wildman–Crippen MR) is 86.8 cm³/mol. The van der Waals surface area contributed by atoms with Crippen LogP contribution in [0.3, 0.4) is 0 Å². The van der Waals surface area contributed by atoms with Crippen LogP contribution in [0.25, 0.3) is 0 Å². The van der Waals surface area contributed by atoms with Crippen LogP contribution in [0.2, 0.25) is 0 Å². The topological polar surface area (TPSA) is 57.5 Å². The van der Waals surface area contributed by atoms with Gasteiger partial charge in [0.25, 0.3) is 0 Å². The van der Waals surface area contributed by atoms with Crippen molar-refractivity contribution in [3.63, 3.8) is 0 Å². The lowest BCUT2D eigenvalue weighted by Crippen LogP contribution is -2.41. The number of carbonyl (C=O) groups excluding carboxylic acids is 1. The van der Waals surface area contributed by atoms with Gasteiger partial charge in [0.15, 0.2) is 0 Å². The van der Waals surface area contributed by atoms with Gasteiger partial charge in [-0.15, -0.1) is 0 Å². The smallest absolute Gasteiger partial charge is 0.315 e. The summed E-state index contributed by atoms with van der Waals surface area (Å²) in [6.45, 7) is 3.24. The number of carbonyl (C=O) groups is 1. The minimum absolute atomic E-state index is 0.115. The van der Waals surface area contributed by atoms with Crippen LogP contribution >= 0.6 is 11.3 Å². The van der Waals surface area contributed by atoms with Gasteiger partial charge in [-0.05, 0) is 60.5 Å². The van der Waals surface area contributed by atoms with Crippen molar-refractivity contribution in [3.05, 3.63) is 46.5 Å². The van der Waals surface area contributed by atoms with Crippen LogP contribution in [0.15, 0.2) is 39.6 Å². The molecule has 0 saturated carbocycles. The largest absolute Gasteiger partial charge is 0.468 e. The molecule has 1 aliphatic heterocycles. The maximum atomic E-state index is 12.0. The van der Waals surface area contributed by atoms with E-state index in [1.807, 2.05) is 29.0 Å². The Bertz CT molecular complexity index is 562. The van der Waals surface area contributed by atoms with Gasteiger partial charge in [-0.2, -0.15) is 11.3 Å². The first-order valence-corrected chi connectivity index (χ1v) is 8.57. The van der Waals surface area contributed by atoms with E-state index in [0.717, 1.165) is 24.4 Å². The summed E-state index contributed by atoms with van der Waals surface area (Å²) in [7, 11) is 0. The van der Waals surface area contributed by atoms with E-state index in [9.17, 15) is 4.79 Å². The molecule has 2 N–H and O–H groups in total. The van der Waals surface area contributed by atoms with E-state index < -0.39 is 0 Å². The fourth-order valence-corrected chi connectivity index (χ4v) is 3.44. The summed E-state index contributed by atoms with van der Waals surface area (Å²) in [5.74, 6) is 0.917. The van der Waals surface area contributed by atoms with Gasteiger partial charge in [0.2, 0.25) is 0 Å². The van der Waals surface area contributed by atoms with Gasteiger partial charge < -0.3 is 15.1 Å². The normalized spacial score (nSPS) is 16.5. The Morgan fingerprint density at radius 2 is 2.18 bits per heavy atom.